The lowest BCUT2D eigenvalue weighted by atomic mass is 10.1. The van der Waals surface area contributed by atoms with Crippen LogP contribution in [0.25, 0.3) is 0 Å². The fourth-order valence-electron chi connectivity index (χ4n) is 2.09. The van der Waals surface area contributed by atoms with Gasteiger partial charge in [0.15, 0.2) is 14.1 Å². The molecule has 24 heavy (non-hydrogen) atoms. The van der Waals surface area contributed by atoms with E-state index in [0.29, 0.717) is 0 Å². The molecule has 1 fully saturated rings. The van der Waals surface area contributed by atoms with Crippen molar-refractivity contribution in [2.75, 3.05) is 13.2 Å². The van der Waals surface area contributed by atoms with Crippen LogP contribution in [0, 0.1) is 0 Å². The molecular formula is C16H30ClFO5Si. The topological polar surface area (TPSA) is 54.0 Å². The first-order valence-corrected chi connectivity index (χ1v) is 11.5. The quantitative estimate of drug-likeness (QED) is 0.393. The molecule has 1 heterocycles. The van der Waals surface area contributed by atoms with Gasteiger partial charge in [-0.05, 0) is 38.9 Å². The van der Waals surface area contributed by atoms with Crippen LogP contribution in [0.3, 0.4) is 0 Å². The number of halogens is 2. The van der Waals surface area contributed by atoms with Crippen molar-refractivity contribution in [2.24, 2.45) is 0 Å². The van der Waals surface area contributed by atoms with Gasteiger partial charge < -0.3 is 18.6 Å². The van der Waals surface area contributed by atoms with Crippen LogP contribution in [0.4, 0.5) is 4.39 Å². The number of esters is 1. The molecule has 1 aliphatic heterocycles. The maximum Gasteiger partial charge on any atom is 0.362 e. The molecule has 142 valence electrons. The van der Waals surface area contributed by atoms with E-state index in [0.717, 1.165) is 0 Å². The van der Waals surface area contributed by atoms with Crippen molar-refractivity contribution in [2.45, 2.75) is 82.8 Å². The van der Waals surface area contributed by atoms with Crippen molar-refractivity contribution in [3.05, 3.63) is 0 Å². The van der Waals surface area contributed by atoms with Crippen molar-refractivity contribution < 1.29 is 27.8 Å². The van der Waals surface area contributed by atoms with Crippen LogP contribution in [-0.2, 0) is 23.4 Å². The molecular weight excluding hydrogens is 355 g/mol. The minimum absolute atomic E-state index is 0.0253. The van der Waals surface area contributed by atoms with E-state index in [1.165, 1.54) is 0 Å². The first kappa shape index (κ1) is 21.8. The van der Waals surface area contributed by atoms with Crippen LogP contribution < -0.4 is 0 Å². The fraction of sp³-hybridized carbons (Fsp3) is 0.938. The van der Waals surface area contributed by atoms with Gasteiger partial charge in [-0.3, -0.25) is 0 Å². The summed E-state index contributed by atoms with van der Waals surface area (Å²) in [6, 6.07) is 0. The van der Waals surface area contributed by atoms with Gasteiger partial charge in [-0.2, -0.15) is 0 Å². The van der Waals surface area contributed by atoms with Crippen LogP contribution in [-0.4, -0.2) is 50.6 Å². The Morgan fingerprint density at radius 2 is 1.96 bits per heavy atom. The average Bonchev–Trinajstić information content (AvgIpc) is 2.74. The van der Waals surface area contributed by atoms with E-state index >= 15 is 4.39 Å². The second kappa shape index (κ2) is 7.19. The number of alkyl halides is 2. The predicted octanol–water partition coefficient (Wildman–Crippen LogP) is 4.00. The zero-order chi connectivity index (χ0) is 19.0. The third kappa shape index (κ3) is 4.91. The molecule has 0 aromatic heterocycles. The molecule has 0 N–H and O–H groups in total. The molecule has 1 rings (SSSR count). The van der Waals surface area contributed by atoms with Crippen LogP contribution in [0.1, 0.15) is 41.5 Å². The molecule has 3 atom stereocenters. The minimum Gasteiger partial charge on any atom is -0.463 e. The monoisotopic (exact) mass is 384 g/mol. The lowest BCUT2D eigenvalue weighted by molar-refractivity contribution is -0.173. The molecule has 0 aliphatic carbocycles. The number of ether oxygens (including phenoxy) is 3. The van der Waals surface area contributed by atoms with Crippen molar-refractivity contribution in [1.29, 1.82) is 0 Å². The van der Waals surface area contributed by atoms with Crippen LogP contribution in [0.2, 0.25) is 18.1 Å². The highest BCUT2D eigenvalue weighted by Gasteiger charge is 2.57. The van der Waals surface area contributed by atoms with Crippen molar-refractivity contribution in [3.63, 3.8) is 0 Å². The van der Waals surface area contributed by atoms with E-state index in [4.69, 9.17) is 30.2 Å². The van der Waals surface area contributed by atoms with E-state index in [1.54, 1.807) is 20.8 Å². The summed E-state index contributed by atoms with van der Waals surface area (Å²) in [6.45, 7) is 15.1. The van der Waals surface area contributed by atoms with Crippen LogP contribution in [0.5, 0.6) is 0 Å². The Balaban J connectivity index is 3.15. The summed E-state index contributed by atoms with van der Waals surface area (Å²) in [5.41, 5.74) is 0. The zero-order valence-corrected chi connectivity index (χ0v) is 17.6. The third-order valence-corrected chi connectivity index (χ3v) is 9.33. The molecule has 0 aromatic rings. The summed E-state index contributed by atoms with van der Waals surface area (Å²) < 4.78 is 37.4. The molecule has 0 amide bonds. The van der Waals surface area contributed by atoms with E-state index in [1.807, 2.05) is 33.9 Å². The number of carbonyl (C=O) groups is 1. The summed E-state index contributed by atoms with van der Waals surface area (Å²) in [7, 11) is -2.43. The fourth-order valence-corrected chi connectivity index (χ4v) is 3.70. The maximum absolute atomic E-state index is 15.2. The Hall–Kier alpha value is -0.213. The molecule has 5 nitrogen and oxygen atoms in total. The number of hydrogen-bond acceptors (Lipinski definition) is 5. The Morgan fingerprint density at radius 3 is 2.33 bits per heavy atom. The standard InChI is InChI=1S/C16H30ClFO5Si/c1-9-20-13(19)16(17,18)12(11-10-21-15(5,6)22-11)23-24(7,8)14(2,3)4/h11-12H,9-10H2,1-8H3/t11-,12-,16-/m1/s1. The van der Waals surface area contributed by atoms with E-state index in [2.05, 4.69) is 0 Å². The van der Waals surface area contributed by atoms with Gasteiger partial charge in [0.2, 0.25) is 0 Å². The van der Waals surface area contributed by atoms with Crippen LogP contribution >= 0.6 is 11.6 Å². The first-order chi connectivity index (χ1) is 10.6. The Labute approximate surface area is 150 Å². The maximum atomic E-state index is 15.2. The second-order valence-electron chi connectivity index (χ2n) is 8.01. The summed E-state index contributed by atoms with van der Waals surface area (Å²) in [5.74, 6) is -2.05. The van der Waals surface area contributed by atoms with Gasteiger partial charge in [-0.25, -0.2) is 9.18 Å². The summed E-state index contributed by atoms with van der Waals surface area (Å²) in [4.78, 5) is 12.1. The minimum atomic E-state index is -2.85. The van der Waals surface area contributed by atoms with Gasteiger partial charge in [-0.1, -0.05) is 32.4 Å². The smallest absolute Gasteiger partial charge is 0.362 e. The van der Waals surface area contributed by atoms with Crippen molar-refractivity contribution in [3.8, 4) is 0 Å². The van der Waals surface area contributed by atoms with Crippen LogP contribution in [0.15, 0.2) is 0 Å². The first-order valence-electron chi connectivity index (χ1n) is 8.18. The molecule has 0 bridgehead atoms. The van der Waals surface area contributed by atoms with Gasteiger partial charge in [0, 0.05) is 0 Å². The highest BCUT2D eigenvalue weighted by molar-refractivity contribution is 6.74. The number of carbonyl (C=O) groups excluding carboxylic acids is 1. The van der Waals surface area contributed by atoms with Gasteiger partial charge in [0.1, 0.15) is 12.2 Å². The normalized spacial score (nSPS) is 25.2. The molecule has 0 radical (unpaired) electrons. The highest BCUT2D eigenvalue weighted by atomic mass is 35.5. The van der Waals surface area contributed by atoms with Gasteiger partial charge in [0.05, 0.1) is 13.2 Å². The molecule has 0 saturated carbocycles. The van der Waals surface area contributed by atoms with E-state index in [-0.39, 0.29) is 18.3 Å². The Kier molecular flexibility index (Phi) is 6.54. The van der Waals surface area contributed by atoms with E-state index < -0.39 is 37.4 Å². The Bertz CT molecular complexity index is 462. The summed E-state index contributed by atoms with van der Waals surface area (Å²) in [5, 5.41) is -3.04. The second-order valence-corrected chi connectivity index (χ2v) is 13.3. The number of rotatable bonds is 6. The predicted molar refractivity (Wildman–Crippen MR) is 93.3 cm³/mol. The SMILES string of the molecule is CCOC(=O)[C@@](F)(Cl)[C@H](O[Si](C)(C)C(C)(C)C)[C@H]1COC(C)(C)O1. The van der Waals surface area contributed by atoms with Gasteiger partial charge >= 0.3 is 11.1 Å². The number of hydrogen-bond donors (Lipinski definition) is 0. The third-order valence-electron chi connectivity index (χ3n) is 4.50. The lowest BCUT2D eigenvalue weighted by Crippen LogP contribution is -2.57. The van der Waals surface area contributed by atoms with Gasteiger partial charge in [-0.15, -0.1) is 0 Å². The summed E-state index contributed by atoms with van der Waals surface area (Å²) in [6.07, 6.45) is -2.12. The molecule has 0 aromatic carbocycles. The van der Waals surface area contributed by atoms with Crippen molar-refractivity contribution in [1.82, 2.24) is 0 Å². The highest BCUT2D eigenvalue weighted by Crippen LogP contribution is 2.42. The molecule has 1 aliphatic rings. The average molecular weight is 385 g/mol. The molecule has 8 heteroatoms. The molecule has 0 spiro atoms. The zero-order valence-electron chi connectivity index (χ0n) is 15.9. The lowest BCUT2D eigenvalue weighted by Gasteiger charge is -2.42. The van der Waals surface area contributed by atoms with E-state index in [9.17, 15) is 4.79 Å². The summed E-state index contributed by atoms with van der Waals surface area (Å²) >= 11 is 5.98. The van der Waals surface area contributed by atoms with Gasteiger partial charge in [0.25, 0.3) is 0 Å². The molecule has 0 unspecified atom stereocenters. The van der Waals surface area contributed by atoms with Crippen molar-refractivity contribution >= 4 is 25.9 Å². The molecule has 1 saturated heterocycles. The Morgan fingerprint density at radius 1 is 1.42 bits per heavy atom. The largest absolute Gasteiger partial charge is 0.463 e.